The van der Waals surface area contributed by atoms with Crippen LogP contribution in [0.15, 0.2) is 29.2 Å². The summed E-state index contributed by atoms with van der Waals surface area (Å²) in [6.07, 6.45) is 2.12. The van der Waals surface area contributed by atoms with Gasteiger partial charge in [-0.25, -0.2) is 8.42 Å². The van der Waals surface area contributed by atoms with Crippen molar-refractivity contribution in [1.29, 1.82) is 0 Å². The minimum absolute atomic E-state index is 0.115. The van der Waals surface area contributed by atoms with E-state index < -0.39 is 9.84 Å². The molecule has 90 valence electrons. The molecule has 2 atom stereocenters. The lowest BCUT2D eigenvalue weighted by Crippen LogP contribution is -2.25. The molecule has 0 spiro atoms. The first-order valence-electron chi connectivity index (χ1n) is 5.42. The lowest BCUT2D eigenvalue weighted by molar-refractivity contribution is 0.551. The van der Waals surface area contributed by atoms with Crippen LogP contribution < -0.4 is 5.73 Å². The molecule has 0 radical (unpaired) electrons. The van der Waals surface area contributed by atoms with Gasteiger partial charge in [0.2, 0.25) is 0 Å². The van der Waals surface area contributed by atoms with E-state index in [0.29, 0.717) is 4.90 Å². The minimum Gasteiger partial charge on any atom is -0.327 e. The van der Waals surface area contributed by atoms with Crippen molar-refractivity contribution in [3.8, 4) is 0 Å². The fourth-order valence-corrected chi connectivity index (χ4v) is 2.25. The summed E-state index contributed by atoms with van der Waals surface area (Å²) in [6, 6.07) is 7.09. The monoisotopic (exact) mass is 241 g/mol. The molecule has 1 aromatic rings. The molecule has 2 unspecified atom stereocenters. The maximum Gasteiger partial charge on any atom is 0.175 e. The maximum atomic E-state index is 11.3. The maximum absolute atomic E-state index is 11.3. The van der Waals surface area contributed by atoms with Crippen LogP contribution in [-0.2, 0) is 9.84 Å². The number of hydrogen-bond acceptors (Lipinski definition) is 3. The van der Waals surface area contributed by atoms with Crippen molar-refractivity contribution in [2.75, 3.05) is 6.26 Å². The molecule has 2 N–H and O–H groups in total. The average molecular weight is 241 g/mol. The smallest absolute Gasteiger partial charge is 0.175 e. The third kappa shape index (κ3) is 3.06. The summed E-state index contributed by atoms with van der Waals surface area (Å²) in [5, 5.41) is 0. The van der Waals surface area contributed by atoms with Crippen molar-refractivity contribution < 1.29 is 8.42 Å². The normalized spacial score (nSPS) is 15.8. The van der Waals surface area contributed by atoms with E-state index in [9.17, 15) is 8.42 Å². The molecule has 0 aliphatic carbocycles. The Morgan fingerprint density at radius 3 is 2.12 bits per heavy atom. The highest BCUT2D eigenvalue weighted by Gasteiger charge is 2.14. The van der Waals surface area contributed by atoms with E-state index in [2.05, 4.69) is 6.92 Å². The predicted octanol–water partition coefficient (Wildman–Crippen LogP) is 1.93. The van der Waals surface area contributed by atoms with Crippen LogP contribution in [0.2, 0.25) is 0 Å². The van der Waals surface area contributed by atoms with Crippen LogP contribution in [-0.4, -0.2) is 20.7 Å². The molecular weight excluding hydrogens is 222 g/mol. The van der Waals surface area contributed by atoms with E-state index in [1.807, 2.05) is 19.1 Å². The van der Waals surface area contributed by atoms with Crippen LogP contribution in [0.25, 0.3) is 0 Å². The van der Waals surface area contributed by atoms with Crippen LogP contribution in [0.4, 0.5) is 0 Å². The van der Waals surface area contributed by atoms with Crippen LogP contribution in [0.1, 0.15) is 31.7 Å². The summed E-state index contributed by atoms with van der Waals surface area (Å²) in [7, 11) is -3.10. The van der Waals surface area contributed by atoms with Crippen molar-refractivity contribution in [3.05, 3.63) is 29.8 Å². The SMILES string of the molecule is CCC(N)C(C)c1ccc(S(C)(=O)=O)cc1. The number of nitrogens with two attached hydrogens (primary N) is 1. The molecule has 0 heterocycles. The molecule has 16 heavy (non-hydrogen) atoms. The lowest BCUT2D eigenvalue weighted by Gasteiger charge is -2.18. The topological polar surface area (TPSA) is 60.2 Å². The van der Waals surface area contributed by atoms with Gasteiger partial charge >= 0.3 is 0 Å². The summed E-state index contributed by atoms with van der Waals surface area (Å²) in [4.78, 5) is 0.355. The lowest BCUT2D eigenvalue weighted by atomic mass is 9.92. The molecular formula is C12H19NO2S. The zero-order valence-electron chi connectivity index (χ0n) is 9.97. The largest absolute Gasteiger partial charge is 0.327 e. The highest BCUT2D eigenvalue weighted by atomic mass is 32.2. The second kappa shape index (κ2) is 4.97. The summed E-state index contributed by atoms with van der Waals surface area (Å²) in [5.41, 5.74) is 7.04. The fraction of sp³-hybridized carbons (Fsp3) is 0.500. The Bertz CT molecular complexity index is 437. The van der Waals surface area contributed by atoms with Crippen LogP contribution in [0.3, 0.4) is 0 Å². The van der Waals surface area contributed by atoms with Gasteiger partial charge in [-0.3, -0.25) is 0 Å². The van der Waals surface area contributed by atoms with Gasteiger partial charge in [-0.2, -0.15) is 0 Å². The number of hydrogen-bond donors (Lipinski definition) is 1. The molecule has 0 aromatic heterocycles. The number of benzene rings is 1. The first kappa shape index (κ1) is 13.2. The Morgan fingerprint density at radius 2 is 1.75 bits per heavy atom. The quantitative estimate of drug-likeness (QED) is 0.876. The highest BCUT2D eigenvalue weighted by Crippen LogP contribution is 2.21. The molecule has 0 aliphatic rings. The second-order valence-electron chi connectivity index (χ2n) is 4.20. The Labute approximate surface area is 97.6 Å². The molecule has 1 aromatic carbocycles. The Morgan fingerprint density at radius 1 is 1.25 bits per heavy atom. The summed E-state index contributed by atoms with van der Waals surface area (Å²) in [6.45, 7) is 4.11. The van der Waals surface area contributed by atoms with Crippen molar-refractivity contribution in [3.63, 3.8) is 0 Å². The fourth-order valence-electron chi connectivity index (χ4n) is 1.62. The van der Waals surface area contributed by atoms with E-state index >= 15 is 0 Å². The summed E-state index contributed by atoms with van der Waals surface area (Å²) >= 11 is 0. The Hall–Kier alpha value is -0.870. The van der Waals surface area contributed by atoms with E-state index in [4.69, 9.17) is 5.73 Å². The van der Waals surface area contributed by atoms with Crippen molar-refractivity contribution in [2.45, 2.75) is 37.1 Å². The zero-order valence-corrected chi connectivity index (χ0v) is 10.8. The van der Waals surface area contributed by atoms with Gasteiger partial charge in [0.05, 0.1) is 4.90 Å². The van der Waals surface area contributed by atoms with Crippen molar-refractivity contribution in [1.82, 2.24) is 0 Å². The van der Waals surface area contributed by atoms with Gasteiger partial charge in [0.25, 0.3) is 0 Å². The predicted molar refractivity (Wildman–Crippen MR) is 66.2 cm³/mol. The molecule has 4 heteroatoms. The molecule has 0 bridgehead atoms. The van der Waals surface area contributed by atoms with Crippen molar-refractivity contribution >= 4 is 9.84 Å². The Balaban J connectivity index is 2.96. The number of sulfone groups is 1. The van der Waals surface area contributed by atoms with Gasteiger partial charge in [0.1, 0.15) is 0 Å². The van der Waals surface area contributed by atoms with Crippen LogP contribution in [0.5, 0.6) is 0 Å². The first-order valence-corrected chi connectivity index (χ1v) is 7.31. The van der Waals surface area contributed by atoms with Crippen LogP contribution in [0, 0.1) is 0 Å². The minimum atomic E-state index is -3.10. The third-order valence-electron chi connectivity index (χ3n) is 2.95. The molecule has 0 aliphatic heterocycles. The molecule has 3 nitrogen and oxygen atoms in total. The van der Waals surface area contributed by atoms with E-state index in [0.717, 1.165) is 12.0 Å². The molecule has 0 saturated carbocycles. The standard InChI is InChI=1S/C12H19NO2S/c1-4-12(13)9(2)10-5-7-11(8-6-10)16(3,14)15/h5-9,12H,4,13H2,1-3H3. The molecule has 0 fully saturated rings. The van der Waals surface area contributed by atoms with Gasteiger partial charge in [0.15, 0.2) is 9.84 Å². The van der Waals surface area contributed by atoms with Gasteiger partial charge in [-0.1, -0.05) is 26.0 Å². The van der Waals surface area contributed by atoms with E-state index in [-0.39, 0.29) is 12.0 Å². The average Bonchev–Trinajstić information content (AvgIpc) is 2.26. The van der Waals surface area contributed by atoms with Crippen molar-refractivity contribution in [2.24, 2.45) is 5.73 Å². The summed E-state index contributed by atoms with van der Waals surface area (Å²) < 4.78 is 22.6. The second-order valence-corrected chi connectivity index (χ2v) is 6.22. The van der Waals surface area contributed by atoms with Gasteiger partial charge in [0, 0.05) is 12.3 Å². The summed E-state index contributed by atoms with van der Waals surface area (Å²) in [5.74, 6) is 0.249. The van der Waals surface area contributed by atoms with Gasteiger partial charge in [-0.15, -0.1) is 0 Å². The van der Waals surface area contributed by atoms with Gasteiger partial charge in [-0.05, 0) is 30.0 Å². The molecule has 1 rings (SSSR count). The van der Waals surface area contributed by atoms with E-state index in [1.54, 1.807) is 12.1 Å². The van der Waals surface area contributed by atoms with Crippen LogP contribution >= 0.6 is 0 Å². The zero-order chi connectivity index (χ0) is 12.3. The number of rotatable bonds is 4. The first-order chi connectivity index (χ1) is 7.36. The van der Waals surface area contributed by atoms with Gasteiger partial charge < -0.3 is 5.73 Å². The third-order valence-corrected chi connectivity index (χ3v) is 4.08. The molecule has 0 saturated heterocycles. The molecule has 0 amide bonds. The Kier molecular flexibility index (Phi) is 4.10. The van der Waals surface area contributed by atoms with E-state index in [1.165, 1.54) is 6.26 Å². The highest BCUT2D eigenvalue weighted by molar-refractivity contribution is 7.90.